The van der Waals surface area contributed by atoms with Crippen LogP contribution in [0.5, 0.6) is 0 Å². The van der Waals surface area contributed by atoms with Gasteiger partial charge >= 0.3 is 0 Å². The van der Waals surface area contributed by atoms with E-state index in [0.717, 1.165) is 32.8 Å². The molecule has 1 aliphatic rings. The zero-order valence-corrected chi connectivity index (χ0v) is 12.1. The number of carbonyl (C=O) groups excluding carboxylic acids is 1. The Morgan fingerprint density at radius 3 is 2.90 bits per heavy atom. The number of pyridine rings is 1. The zero-order valence-electron chi connectivity index (χ0n) is 12.1. The quantitative estimate of drug-likeness (QED) is 0.834. The van der Waals surface area contributed by atoms with E-state index in [1.165, 1.54) is 0 Å². The average molecular weight is 278 g/mol. The summed E-state index contributed by atoms with van der Waals surface area (Å²) in [5.41, 5.74) is 0.611. The third-order valence-electron chi connectivity index (χ3n) is 3.27. The third-order valence-corrected chi connectivity index (χ3v) is 3.27. The summed E-state index contributed by atoms with van der Waals surface area (Å²) in [7, 11) is 3.76. The maximum atomic E-state index is 12.2. The number of carbonyl (C=O) groups is 1. The Balaban J connectivity index is 1.85. The molecule has 6 nitrogen and oxygen atoms in total. The number of rotatable bonds is 5. The van der Waals surface area contributed by atoms with Crippen molar-refractivity contribution < 1.29 is 9.53 Å². The normalized spacial score (nSPS) is 15.9. The molecule has 0 aliphatic carbocycles. The van der Waals surface area contributed by atoms with Crippen LogP contribution in [0.4, 0.5) is 5.82 Å². The fraction of sp³-hybridized carbons (Fsp3) is 0.571. The fourth-order valence-electron chi connectivity index (χ4n) is 2.18. The number of ether oxygens (including phenoxy) is 1. The number of hydrogen-bond donors (Lipinski definition) is 1. The molecule has 1 amide bonds. The summed E-state index contributed by atoms with van der Waals surface area (Å²) < 4.78 is 5.30. The molecular formula is C14H22N4O2. The van der Waals surface area contributed by atoms with E-state index >= 15 is 0 Å². The lowest BCUT2D eigenvalue weighted by molar-refractivity contribution is 0.0383. The minimum atomic E-state index is -0.0740. The zero-order chi connectivity index (χ0) is 14.4. The van der Waals surface area contributed by atoms with Gasteiger partial charge in [-0.25, -0.2) is 4.98 Å². The van der Waals surface area contributed by atoms with Gasteiger partial charge in [0, 0.05) is 46.5 Å². The van der Waals surface area contributed by atoms with Crippen molar-refractivity contribution in [3.63, 3.8) is 0 Å². The second-order valence-electron chi connectivity index (χ2n) is 4.98. The Morgan fingerprint density at radius 1 is 1.45 bits per heavy atom. The Labute approximate surface area is 119 Å². The van der Waals surface area contributed by atoms with Crippen molar-refractivity contribution in [1.29, 1.82) is 0 Å². The van der Waals surface area contributed by atoms with E-state index in [1.807, 2.05) is 19.0 Å². The summed E-state index contributed by atoms with van der Waals surface area (Å²) in [6.07, 6.45) is 1.69. The van der Waals surface area contributed by atoms with E-state index in [1.54, 1.807) is 18.3 Å². The van der Waals surface area contributed by atoms with Gasteiger partial charge in [0.25, 0.3) is 5.91 Å². The van der Waals surface area contributed by atoms with Gasteiger partial charge < -0.3 is 15.0 Å². The van der Waals surface area contributed by atoms with Crippen molar-refractivity contribution in [1.82, 2.24) is 15.2 Å². The average Bonchev–Trinajstić information content (AvgIpc) is 2.48. The Hall–Kier alpha value is -1.66. The van der Waals surface area contributed by atoms with Crippen LogP contribution in [0, 0.1) is 0 Å². The van der Waals surface area contributed by atoms with E-state index in [4.69, 9.17) is 4.74 Å². The molecule has 6 heteroatoms. The maximum absolute atomic E-state index is 12.2. The van der Waals surface area contributed by atoms with E-state index < -0.39 is 0 Å². The largest absolute Gasteiger partial charge is 0.379 e. The highest BCUT2D eigenvalue weighted by molar-refractivity contribution is 5.98. The third kappa shape index (κ3) is 3.91. The van der Waals surface area contributed by atoms with Crippen LogP contribution in [0.15, 0.2) is 18.3 Å². The molecule has 1 N–H and O–H groups in total. The van der Waals surface area contributed by atoms with Crippen LogP contribution in [0.1, 0.15) is 10.4 Å². The molecular weight excluding hydrogens is 256 g/mol. The van der Waals surface area contributed by atoms with E-state index in [-0.39, 0.29) is 5.91 Å². The van der Waals surface area contributed by atoms with Crippen LogP contribution in [0.25, 0.3) is 0 Å². The molecule has 1 fully saturated rings. The van der Waals surface area contributed by atoms with Gasteiger partial charge in [0.2, 0.25) is 0 Å². The number of aromatic nitrogens is 1. The molecule has 1 aromatic rings. The first-order valence-electron chi connectivity index (χ1n) is 6.89. The second kappa shape index (κ2) is 7.21. The number of nitrogens with one attached hydrogen (secondary N) is 1. The predicted molar refractivity (Wildman–Crippen MR) is 78.2 cm³/mol. The van der Waals surface area contributed by atoms with Crippen LogP contribution < -0.4 is 10.2 Å². The topological polar surface area (TPSA) is 57.7 Å². The van der Waals surface area contributed by atoms with Gasteiger partial charge in [0.15, 0.2) is 0 Å². The SMILES string of the molecule is CN(C)c1ncccc1C(=O)NCCN1CCOCC1. The van der Waals surface area contributed by atoms with Crippen LogP contribution in [-0.4, -0.2) is 69.3 Å². The highest BCUT2D eigenvalue weighted by atomic mass is 16.5. The summed E-state index contributed by atoms with van der Waals surface area (Å²) in [4.78, 5) is 20.6. The molecule has 1 aliphatic heterocycles. The molecule has 110 valence electrons. The lowest BCUT2D eigenvalue weighted by Gasteiger charge is -2.26. The molecule has 0 unspecified atom stereocenters. The number of anilines is 1. The smallest absolute Gasteiger partial charge is 0.255 e. The standard InChI is InChI=1S/C14H22N4O2/c1-17(2)13-12(4-3-5-15-13)14(19)16-6-7-18-8-10-20-11-9-18/h3-5H,6-11H2,1-2H3,(H,16,19). The highest BCUT2D eigenvalue weighted by Crippen LogP contribution is 2.13. The van der Waals surface area contributed by atoms with Crippen molar-refractivity contribution in [2.45, 2.75) is 0 Å². The van der Waals surface area contributed by atoms with Crippen molar-refractivity contribution >= 4 is 11.7 Å². The lowest BCUT2D eigenvalue weighted by Crippen LogP contribution is -2.41. The monoisotopic (exact) mass is 278 g/mol. The van der Waals surface area contributed by atoms with E-state index in [0.29, 0.717) is 17.9 Å². The van der Waals surface area contributed by atoms with Crippen LogP contribution in [0.3, 0.4) is 0 Å². The van der Waals surface area contributed by atoms with Crippen molar-refractivity contribution in [3.8, 4) is 0 Å². The lowest BCUT2D eigenvalue weighted by atomic mass is 10.2. The van der Waals surface area contributed by atoms with Crippen molar-refractivity contribution in [3.05, 3.63) is 23.9 Å². The molecule has 1 aromatic heterocycles. The molecule has 1 saturated heterocycles. The van der Waals surface area contributed by atoms with Crippen LogP contribution in [-0.2, 0) is 4.74 Å². The van der Waals surface area contributed by atoms with Gasteiger partial charge in [-0.1, -0.05) is 0 Å². The molecule has 20 heavy (non-hydrogen) atoms. The Bertz CT molecular complexity index is 445. The number of morpholine rings is 1. The summed E-state index contributed by atoms with van der Waals surface area (Å²) in [6, 6.07) is 3.58. The first-order valence-corrected chi connectivity index (χ1v) is 6.89. The van der Waals surface area contributed by atoms with Gasteiger partial charge in [-0.15, -0.1) is 0 Å². The molecule has 0 atom stereocenters. The van der Waals surface area contributed by atoms with Crippen molar-refractivity contribution in [2.75, 3.05) is 58.4 Å². The molecule has 0 saturated carbocycles. The molecule has 0 radical (unpaired) electrons. The first-order chi connectivity index (χ1) is 9.68. The van der Waals surface area contributed by atoms with Gasteiger partial charge in [-0.2, -0.15) is 0 Å². The highest BCUT2D eigenvalue weighted by Gasteiger charge is 2.14. The molecule has 0 spiro atoms. The van der Waals surface area contributed by atoms with Crippen LogP contribution in [0.2, 0.25) is 0 Å². The summed E-state index contributed by atoms with van der Waals surface area (Å²) in [5.74, 6) is 0.617. The predicted octanol–water partition coefficient (Wildman–Crippen LogP) is 0.210. The molecule has 0 aromatic carbocycles. The maximum Gasteiger partial charge on any atom is 0.255 e. The minimum absolute atomic E-state index is 0.0740. The summed E-state index contributed by atoms with van der Waals surface area (Å²) in [5, 5.41) is 2.95. The van der Waals surface area contributed by atoms with E-state index in [9.17, 15) is 4.79 Å². The Kier molecular flexibility index (Phi) is 5.31. The van der Waals surface area contributed by atoms with Gasteiger partial charge in [-0.3, -0.25) is 9.69 Å². The number of nitrogens with zero attached hydrogens (tertiary/aromatic N) is 3. The number of hydrogen-bond acceptors (Lipinski definition) is 5. The van der Waals surface area contributed by atoms with Crippen molar-refractivity contribution in [2.24, 2.45) is 0 Å². The first kappa shape index (κ1) is 14.7. The van der Waals surface area contributed by atoms with Gasteiger partial charge in [-0.05, 0) is 12.1 Å². The summed E-state index contributed by atoms with van der Waals surface area (Å²) >= 11 is 0. The fourth-order valence-corrected chi connectivity index (χ4v) is 2.18. The minimum Gasteiger partial charge on any atom is -0.379 e. The molecule has 0 bridgehead atoms. The van der Waals surface area contributed by atoms with Gasteiger partial charge in [0.05, 0.1) is 18.8 Å². The number of amides is 1. The molecule has 2 rings (SSSR count). The second-order valence-corrected chi connectivity index (χ2v) is 4.98. The molecule has 2 heterocycles. The van der Waals surface area contributed by atoms with Crippen LogP contribution >= 0.6 is 0 Å². The van der Waals surface area contributed by atoms with E-state index in [2.05, 4.69) is 15.2 Å². The van der Waals surface area contributed by atoms with Gasteiger partial charge in [0.1, 0.15) is 5.82 Å². The summed E-state index contributed by atoms with van der Waals surface area (Å²) in [6.45, 7) is 4.92. The Morgan fingerprint density at radius 2 is 2.20 bits per heavy atom.